The van der Waals surface area contributed by atoms with Gasteiger partial charge in [-0.25, -0.2) is 4.79 Å². The van der Waals surface area contributed by atoms with Crippen molar-refractivity contribution in [3.8, 4) is 16.9 Å². The fourth-order valence-corrected chi connectivity index (χ4v) is 3.69. The molecule has 31 heavy (non-hydrogen) atoms. The number of hydrogen-bond donors (Lipinski definition) is 0. The molecule has 0 atom stereocenters. The fourth-order valence-electron chi connectivity index (χ4n) is 3.52. The van der Waals surface area contributed by atoms with E-state index in [0.717, 1.165) is 35.3 Å². The number of carbonyl (C=O) groups is 1. The average Bonchev–Trinajstić information content (AvgIpc) is 2.64. The van der Waals surface area contributed by atoms with E-state index in [9.17, 15) is 4.79 Å². The van der Waals surface area contributed by atoms with Crippen LogP contribution in [0.4, 0.5) is 0 Å². The van der Waals surface area contributed by atoms with Crippen molar-refractivity contribution in [1.29, 1.82) is 0 Å². The summed E-state index contributed by atoms with van der Waals surface area (Å²) in [6.45, 7) is 11.9. The second-order valence-electron chi connectivity index (χ2n) is 9.20. The van der Waals surface area contributed by atoms with E-state index < -0.39 is 5.60 Å². The molecule has 0 amide bonds. The predicted octanol–water partition coefficient (Wildman–Crippen LogP) is 6.57. The van der Waals surface area contributed by atoms with Crippen molar-refractivity contribution in [1.82, 2.24) is 0 Å². The largest absolute Gasteiger partial charge is 0.489 e. The van der Waals surface area contributed by atoms with Crippen molar-refractivity contribution < 1.29 is 19.0 Å². The Morgan fingerprint density at radius 2 is 1.77 bits per heavy atom. The summed E-state index contributed by atoms with van der Waals surface area (Å²) in [7, 11) is 0. The summed E-state index contributed by atoms with van der Waals surface area (Å²) in [4.78, 5) is 11.8. The second kappa shape index (κ2) is 9.88. The molecule has 0 radical (unpaired) electrons. The summed E-state index contributed by atoms with van der Waals surface area (Å²) in [5, 5.41) is 0.672. The smallest absolute Gasteiger partial charge is 0.332 e. The summed E-state index contributed by atoms with van der Waals surface area (Å²) in [5.41, 5.74) is 3.77. The van der Waals surface area contributed by atoms with E-state index in [0.29, 0.717) is 17.5 Å². The van der Waals surface area contributed by atoms with Crippen LogP contribution in [0.15, 0.2) is 54.6 Å². The number of ether oxygens (including phenoxy) is 3. The minimum Gasteiger partial charge on any atom is -0.489 e. The minimum atomic E-state index is -0.483. The molecular formula is C26H31ClO4. The predicted molar refractivity (Wildman–Crippen MR) is 125 cm³/mol. The topological polar surface area (TPSA) is 44.8 Å². The average molecular weight is 443 g/mol. The Labute approximate surface area is 190 Å². The molecule has 166 valence electrons. The molecule has 1 saturated carbocycles. The van der Waals surface area contributed by atoms with E-state index in [4.69, 9.17) is 25.8 Å². The SMILES string of the molecule is C=C(C)COc1ccc(Cl)cc1-c1ccc([C@H]2C[C@@H](OCC(=O)OC(C)(C)C)C2)cc1. The van der Waals surface area contributed by atoms with E-state index in [2.05, 4.69) is 30.8 Å². The Kier molecular flexibility index (Phi) is 7.45. The highest BCUT2D eigenvalue weighted by molar-refractivity contribution is 6.31. The molecule has 0 bridgehead atoms. The second-order valence-corrected chi connectivity index (χ2v) is 9.63. The lowest BCUT2D eigenvalue weighted by Crippen LogP contribution is -2.33. The number of rotatable bonds is 8. The van der Waals surface area contributed by atoms with E-state index in [1.54, 1.807) is 0 Å². The molecule has 5 heteroatoms. The molecule has 0 spiro atoms. The van der Waals surface area contributed by atoms with Gasteiger partial charge < -0.3 is 14.2 Å². The van der Waals surface area contributed by atoms with Gasteiger partial charge >= 0.3 is 5.97 Å². The van der Waals surface area contributed by atoms with Crippen molar-refractivity contribution in [3.63, 3.8) is 0 Å². The lowest BCUT2D eigenvalue weighted by molar-refractivity contribution is -0.164. The van der Waals surface area contributed by atoms with Crippen molar-refractivity contribution in [2.45, 2.75) is 58.2 Å². The van der Waals surface area contributed by atoms with Crippen LogP contribution in [0, 0.1) is 0 Å². The number of esters is 1. The molecule has 2 aromatic carbocycles. The Bertz CT molecular complexity index is 921. The summed E-state index contributed by atoms with van der Waals surface area (Å²) in [6.07, 6.45) is 1.92. The van der Waals surface area contributed by atoms with Gasteiger partial charge in [-0.3, -0.25) is 0 Å². The number of carbonyl (C=O) groups excluding carboxylic acids is 1. The summed E-state index contributed by atoms with van der Waals surface area (Å²) < 4.78 is 16.9. The van der Waals surface area contributed by atoms with Crippen LogP contribution in [0.2, 0.25) is 5.02 Å². The molecule has 0 heterocycles. The van der Waals surface area contributed by atoms with Gasteiger partial charge in [0.2, 0.25) is 0 Å². The maximum Gasteiger partial charge on any atom is 0.332 e. The summed E-state index contributed by atoms with van der Waals surface area (Å²) in [6, 6.07) is 14.1. The minimum absolute atomic E-state index is 0.00925. The van der Waals surface area contributed by atoms with Crippen LogP contribution in [-0.2, 0) is 14.3 Å². The van der Waals surface area contributed by atoms with Gasteiger partial charge in [0.1, 0.15) is 24.6 Å². The van der Waals surface area contributed by atoms with Crippen LogP contribution >= 0.6 is 11.6 Å². The molecule has 0 aromatic heterocycles. The van der Waals surface area contributed by atoms with Gasteiger partial charge in [-0.15, -0.1) is 0 Å². The van der Waals surface area contributed by atoms with Gasteiger partial charge in [-0.1, -0.05) is 42.4 Å². The zero-order chi connectivity index (χ0) is 22.6. The molecular weight excluding hydrogens is 412 g/mol. The van der Waals surface area contributed by atoms with E-state index in [1.165, 1.54) is 5.56 Å². The molecule has 4 nitrogen and oxygen atoms in total. The van der Waals surface area contributed by atoms with Crippen LogP contribution in [-0.4, -0.2) is 30.9 Å². The number of halogens is 1. The normalized spacial score (nSPS) is 18.2. The van der Waals surface area contributed by atoms with Crippen LogP contribution < -0.4 is 4.74 Å². The Morgan fingerprint density at radius 3 is 2.39 bits per heavy atom. The molecule has 1 aliphatic rings. The fraction of sp³-hybridized carbons (Fsp3) is 0.423. The van der Waals surface area contributed by atoms with Gasteiger partial charge in [-0.05, 0) is 81.4 Å². The van der Waals surface area contributed by atoms with Gasteiger partial charge in [-0.2, -0.15) is 0 Å². The molecule has 0 unspecified atom stereocenters. The van der Waals surface area contributed by atoms with Gasteiger partial charge in [0.05, 0.1) is 6.10 Å². The maximum absolute atomic E-state index is 11.8. The van der Waals surface area contributed by atoms with Crippen LogP contribution in [0.25, 0.3) is 11.1 Å². The zero-order valence-corrected chi connectivity index (χ0v) is 19.5. The third kappa shape index (κ3) is 6.84. The lowest BCUT2D eigenvalue weighted by Gasteiger charge is -2.35. The molecule has 3 rings (SSSR count). The summed E-state index contributed by atoms with van der Waals surface area (Å²) in [5.74, 6) is 0.919. The first-order valence-electron chi connectivity index (χ1n) is 10.6. The lowest BCUT2D eigenvalue weighted by atomic mass is 9.77. The van der Waals surface area contributed by atoms with Crippen molar-refractivity contribution in [2.24, 2.45) is 0 Å². The van der Waals surface area contributed by atoms with Crippen molar-refractivity contribution in [3.05, 3.63) is 65.2 Å². The van der Waals surface area contributed by atoms with E-state index in [1.807, 2.05) is 45.9 Å². The third-order valence-electron chi connectivity index (χ3n) is 5.06. The summed E-state index contributed by atoms with van der Waals surface area (Å²) >= 11 is 6.23. The highest BCUT2D eigenvalue weighted by Crippen LogP contribution is 2.40. The van der Waals surface area contributed by atoms with Crippen molar-refractivity contribution >= 4 is 17.6 Å². The van der Waals surface area contributed by atoms with Gasteiger partial charge in [0, 0.05) is 10.6 Å². The Hall–Kier alpha value is -2.30. The van der Waals surface area contributed by atoms with Gasteiger partial charge in [0.15, 0.2) is 0 Å². The Balaban J connectivity index is 1.57. The van der Waals surface area contributed by atoms with Crippen molar-refractivity contribution in [2.75, 3.05) is 13.2 Å². The monoisotopic (exact) mass is 442 g/mol. The quantitative estimate of drug-likeness (QED) is 0.342. The molecule has 1 fully saturated rings. The highest BCUT2D eigenvalue weighted by Gasteiger charge is 2.32. The first-order valence-corrected chi connectivity index (χ1v) is 11.0. The number of benzene rings is 2. The van der Waals surface area contributed by atoms with Crippen LogP contribution in [0.3, 0.4) is 0 Å². The van der Waals surface area contributed by atoms with Crippen LogP contribution in [0.1, 0.15) is 52.0 Å². The van der Waals surface area contributed by atoms with E-state index in [-0.39, 0.29) is 18.7 Å². The van der Waals surface area contributed by atoms with Gasteiger partial charge in [0.25, 0.3) is 0 Å². The standard InChI is InChI=1S/C26H31ClO4/c1-17(2)15-30-24-11-10-21(27)14-23(24)19-8-6-18(7-9-19)20-12-22(13-20)29-16-25(28)31-26(3,4)5/h6-11,14,20,22H,1,12-13,15-16H2,2-5H3/t20-,22+. The molecule has 1 aliphatic carbocycles. The number of hydrogen-bond acceptors (Lipinski definition) is 4. The Morgan fingerprint density at radius 1 is 1.10 bits per heavy atom. The first-order chi connectivity index (χ1) is 14.6. The maximum atomic E-state index is 11.8. The molecule has 2 aromatic rings. The third-order valence-corrected chi connectivity index (χ3v) is 5.30. The zero-order valence-electron chi connectivity index (χ0n) is 18.7. The highest BCUT2D eigenvalue weighted by atomic mass is 35.5. The molecule has 0 N–H and O–H groups in total. The first kappa shape index (κ1) is 23.4. The van der Waals surface area contributed by atoms with E-state index >= 15 is 0 Å². The van der Waals surface area contributed by atoms with Crippen LogP contribution in [0.5, 0.6) is 5.75 Å². The molecule has 0 saturated heterocycles. The molecule has 0 aliphatic heterocycles.